The SMILES string of the molecule is O=C(CCCc1ccccc1)NCc1ccc(-c2cccnc2)nc1. The molecule has 0 saturated heterocycles. The zero-order chi connectivity index (χ0) is 17.3. The second-order valence-corrected chi connectivity index (χ2v) is 5.91. The van der Waals surface area contributed by atoms with Crippen LogP contribution in [0.2, 0.25) is 0 Å². The van der Waals surface area contributed by atoms with Gasteiger partial charge in [0.05, 0.1) is 5.69 Å². The van der Waals surface area contributed by atoms with Crippen molar-refractivity contribution in [3.8, 4) is 11.3 Å². The molecule has 0 unspecified atom stereocenters. The zero-order valence-electron chi connectivity index (χ0n) is 14.1. The molecule has 3 aromatic rings. The molecule has 126 valence electrons. The highest BCUT2D eigenvalue weighted by Gasteiger charge is 2.03. The Bertz CT molecular complexity index is 786. The summed E-state index contributed by atoms with van der Waals surface area (Å²) in [5, 5.41) is 2.95. The van der Waals surface area contributed by atoms with Gasteiger partial charge in [-0.3, -0.25) is 14.8 Å². The summed E-state index contributed by atoms with van der Waals surface area (Å²) in [4.78, 5) is 20.5. The Kier molecular flexibility index (Phi) is 5.88. The van der Waals surface area contributed by atoms with Crippen molar-refractivity contribution in [3.63, 3.8) is 0 Å². The number of carbonyl (C=O) groups excluding carboxylic acids is 1. The van der Waals surface area contributed by atoms with Crippen LogP contribution in [0.5, 0.6) is 0 Å². The lowest BCUT2D eigenvalue weighted by Gasteiger charge is -2.06. The van der Waals surface area contributed by atoms with E-state index in [2.05, 4.69) is 27.4 Å². The van der Waals surface area contributed by atoms with E-state index in [1.54, 1.807) is 18.6 Å². The summed E-state index contributed by atoms with van der Waals surface area (Å²) in [5.74, 6) is 0.0762. The van der Waals surface area contributed by atoms with E-state index in [9.17, 15) is 4.79 Å². The second kappa shape index (κ2) is 8.73. The number of amides is 1. The molecule has 25 heavy (non-hydrogen) atoms. The molecule has 1 aromatic carbocycles. The fourth-order valence-corrected chi connectivity index (χ4v) is 2.60. The molecule has 0 bridgehead atoms. The standard InChI is InChI=1S/C21H21N3O/c25-21(10-4-8-17-6-2-1-3-7-17)24-15-18-11-12-20(23-14-18)19-9-5-13-22-16-19/h1-3,5-7,9,11-14,16H,4,8,10,15H2,(H,24,25). The average molecular weight is 331 g/mol. The molecular weight excluding hydrogens is 310 g/mol. The number of aromatic nitrogens is 2. The van der Waals surface area contributed by atoms with Crippen LogP contribution in [-0.2, 0) is 17.8 Å². The third kappa shape index (κ3) is 5.24. The summed E-state index contributed by atoms with van der Waals surface area (Å²) in [5.41, 5.74) is 4.12. The van der Waals surface area contributed by atoms with Crippen molar-refractivity contribution in [2.75, 3.05) is 0 Å². The van der Waals surface area contributed by atoms with Crippen LogP contribution >= 0.6 is 0 Å². The summed E-state index contributed by atoms with van der Waals surface area (Å²) in [6, 6.07) is 18.0. The van der Waals surface area contributed by atoms with Crippen LogP contribution in [-0.4, -0.2) is 15.9 Å². The fraction of sp³-hybridized carbons (Fsp3) is 0.190. The Balaban J connectivity index is 1.43. The van der Waals surface area contributed by atoms with E-state index in [0.717, 1.165) is 29.7 Å². The molecule has 2 aromatic heterocycles. The quantitative estimate of drug-likeness (QED) is 0.717. The van der Waals surface area contributed by atoms with Gasteiger partial charge in [-0.1, -0.05) is 36.4 Å². The predicted molar refractivity (Wildman–Crippen MR) is 98.7 cm³/mol. The van der Waals surface area contributed by atoms with Gasteiger partial charge in [0.1, 0.15) is 0 Å². The van der Waals surface area contributed by atoms with Crippen molar-refractivity contribution in [1.29, 1.82) is 0 Å². The molecule has 0 aliphatic heterocycles. The number of rotatable bonds is 7. The van der Waals surface area contributed by atoms with Gasteiger partial charge in [-0.2, -0.15) is 0 Å². The molecule has 0 spiro atoms. The smallest absolute Gasteiger partial charge is 0.220 e. The Morgan fingerprint density at radius 2 is 1.80 bits per heavy atom. The molecule has 0 saturated carbocycles. The summed E-state index contributed by atoms with van der Waals surface area (Å²) < 4.78 is 0. The topological polar surface area (TPSA) is 54.9 Å². The minimum atomic E-state index is 0.0762. The Morgan fingerprint density at radius 3 is 2.52 bits per heavy atom. The number of carbonyl (C=O) groups is 1. The minimum Gasteiger partial charge on any atom is -0.352 e. The van der Waals surface area contributed by atoms with Gasteiger partial charge in [-0.15, -0.1) is 0 Å². The van der Waals surface area contributed by atoms with Gasteiger partial charge in [0, 0.05) is 37.1 Å². The summed E-state index contributed by atoms with van der Waals surface area (Å²) in [6.45, 7) is 0.504. The number of hydrogen-bond donors (Lipinski definition) is 1. The van der Waals surface area contributed by atoms with Crippen molar-refractivity contribution < 1.29 is 4.79 Å². The Morgan fingerprint density at radius 1 is 0.920 bits per heavy atom. The van der Waals surface area contributed by atoms with Crippen LogP contribution in [0, 0.1) is 0 Å². The van der Waals surface area contributed by atoms with Crippen LogP contribution in [0.4, 0.5) is 0 Å². The van der Waals surface area contributed by atoms with Crippen LogP contribution in [0.3, 0.4) is 0 Å². The third-order valence-electron chi connectivity index (χ3n) is 3.98. The molecular formula is C21H21N3O. The third-order valence-corrected chi connectivity index (χ3v) is 3.98. The maximum Gasteiger partial charge on any atom is 0.220 e. The molecule has 4 nitrogen and oxygen atoms in total. The molecule has 4 heteroatoms. The highest BCUT2D eigenvalue weighted by molar-refractivity contribution is 5.75. The fourth-order valence-electron chi connectivity index (χ4n) is 2.60. The van der Waals surface area contributed by atoms with Crippen LogP contribution in [0.1, 0.15) is 24.0 Å². The van der Waals surface area contributed by atoms with Gasteiger partial charge in [0.25, 0.3) is 0 Å². The van der Waals surface area contributed by atoms with Gasteiger partial charge in [0.2, 0.25) is 5.91 Å². The molecule has 2 heterocycles. The molecule has 1 amide bonds. The summed E-state index contributed by atoms with van der Waals surface area (Å²) in [6.07, 6.45) is 7.65. The monoisotopic (exact) mass is 331 g/mol. The number of pyridine rings is 2. The minimum absolute atomic E-state index is 0.0762. The van der Waals surface area contributed by atoms with Crippen LogP contribution < -0.4 is 5.32 Å². The maximum absolute atomic E-state index is 12.0. The number of nitrogens with zero attached hydrogens (tertiary/aromatic N) is 2. The molecule has 0 aliphatic rings. The van der Waals surface area contributed by atoms with Gasteiger partial charge in [-0.25, -0.2) is 0 Å². The van der Waals surface area contributed by atoms with Crippen LogP contribution in [0.25, 0.3) is 11.3 Å². The predicted octanol–water partition coefficient (Wildman–Crippen LogP) is 3.78. The van der Waals surface area contributed by atoms with Crippen LogP contribution in [0.15, 0.2) is 73.2 Å². The van der Waals surface area contributed by atoms with E-state index in [1.165, 1.54) is 5.56 Å². The first-order valence-corrected chi connectivity index (χ1v) is 8.47. The first-order chi connectivity index (χ1) is 12.3. The van der Waals surface area contributed by atoms with Gasteiger partial charge in [-0.05, 0) is 42.2 Å². The summed E-state index contributed by atoms with van der Waals surface area (Å²) >= 11 is 0. The molecule has 0 fully saturated rings. The molecule has 0 atom stereocenters. The van der Waals surface area contributed by atoms with E-state index in [0.29, 0.717) is 13.0 Å². The van der Waals surface area contributed by atoms with Crippen molar-refractivity contribution in [2.45, 2.75) is 25.8 Å². The highest BCUT2D eigenvalue weighted by Crippen LogP contribution is 2.15. The number of nitrogens with one attached hydrogen (secondary N) is 1. The molecule has 1 N–H and O–H groups in total. The van der Waals surface area contributed by atoms with Gasteiger partial charge in [0.15, 0.2) is 0 Å². The van der Waals surface area contributed by atoms with E-state index in [1.807, 2.05) is 42.5 Å². The number of benzene rings is 1. The second-order valence-electron chi connectivity index (χ2n) is 5.91. The average Bonchev–Trinajstić information content (AvgIpc) is 2.68. The van der Waals surface area contributed by atoms with Crippen molar-refractivity contribution in [1.82, 2.24) is 15.3 Å². The van der Waals surface area contributed by atoms with E-state index >= 15 is 0 Å². The van der Waals surface area contributed by atoms with Gasteiger partial charge >= 0.3 is 0 Å². The first-order valence-electron chi connectivity index (χ1n) is 8.47. The number of aryl methyl sites for hydroxylation is 1. The van der Waals surface area contributed by atoms with Gasteiger partial charge < -0.3 is 5.32 Å². The maximum atomic E-state index is 12.0. The summed E-state index contributed by atoms with van der Waals surface area (Å²) in [7, 11) is 0. The first kappa shape index (κ1) is 16.8. The zero-order valence-corrected chi connectivity index (χ0v) is 14.1. The number of hydrogen-bond acceptors (Lipinski definition) is 3. The Labute approximate surface area is 148 Å². The lowest BCUT2D eigenvalue weighted by atomic mass is 10.1. The van der Waals surface area contributed by atoms with E-state index in [4.69, 9.17) is 0 Å². The highest BCUT2D eigenvalue weighted by atomic mass is 16.1. The molecule has 3 rings (SSSR count). The lowest BCUT2D eigenvalue weighted by Crippen LogP contribution is -2.22. The Hall–Kier alpha value is -3.01. The molecule has 0 radical (unpaired) electrons. The largest absolute Gasteiger partial charge is 0.352 e. The van der Waals surface area contributed by atoms with Crippen molar-refractivity contribution >= 4 is 5.91 Å². The lowest BCUT2D eigenvalue weighted by molar-refractivity contribution is -0.121. The van der Waals surface area contributed by atoms with E-state index < -0.39 is 0 Å². The van der Waals surface area contributed by atoms with Crippen molar-refractivity contribution in [3.05, 3.63) is 84.3 Å². The molecule has 0 aliphatic carbocycles. The normalized spacial score (nSPS) is 10.4. The van der Waals surface area contributed by atoms with Crippen molar-refractivity contribution in [2.24, 2.45) is 0 Å². The van der Waals surface area contributed by atoms with E-state index in [-0.39, 0.29) is 5.91 Å².